The zero-order chi connectivity index (χ0) is 23.2. The number of carbonyl (C=O) groups excluding carboxylic acids is 1. The number of carbonyl (C=O) groups is 1. The molecule has 0 radical (unpaired) electrons. The number of amides is 1. The van der Waals surface area contributed by atoms with Crippen LogP contribution in [0, 0.1) is 17.8 Å². The number of anilines is 1. The Morgan fingerprint density at radius 1 is 1.30 bits per heavy atom. The molecular weight excluding hydrogens is 422 g/mol. The Morgan fingerprint density at radius 2 is 2.18 bits per heavy atom. The van der Waals surface area contributed by atoms with Crippen LogP contribution in [0.3, 0.4) is 0 Å². The number of ether oxygens (including phenoxy) is 1. The second-order valence-electron chi connectivity index (χ2n) is 9.51. The molecule has 0 spiro atoms. The highest BCUT2D eigenvalue weighted by molar-refractivity contribution is 5.90. The standard InChI is InChI=1S/C24H35N5O4/c1-2-3-4-7-17(30)9-10-18-19-11-15-6-5-8-22(20(15)12-16(19)13-21(18)31)33-14-23(32)25-24-26-28-29-27-24/h5-6,8,16-19,21,30-31H,2-4,7,9-14H2,1H3,(H2,25,26,27,28,29,32)/t16-,17+,18+,19-,21+/m0/s1. The van der Waals surface area contributed by atoms with Gasteiger partial charge >= 0.3 is 0 Å². The van der Waals surface area contributed by atoms with E-state index in [2.05, 4.69) is 38.9 Å². The van der Waals surface area contributed by atoms with Crippen molar-refractivity contribution in [2.45, 2.75) is 76.9 Å². The van der Waals surface area contributed by atoms with E-state index in [1.54, 1.807) is 0 Å². The average molecular weight is 458 g/mol. The number of fused-ring (bicyclic) bond motifs is 2. The topological polar surface area (TPSA) is 133 Å². The van der Waals surface area contributed by atoms with Crippen LogP contribution in [0.15, 0.2) is 18.2 Å². The minimum atomic E-state index is -0.339. The van der Waals surface area contributed by atoms with Gasteiger partial charge in [0, 0.05) is 0 Å². The number of H-pyrrole nitrogens is 1. The van der Waals surface area contributed by atoms with Crippen molar-refractivity contribution in [2.75, 3.05) is 11.9 Å². The van der Waals surface area contributed by atoms with Crippen molar-refractivity contribution in [3.05, 3.63) is 29.3 Å². The second kappa shape index (κ2) is 11.1. The lowest BCUT2D eigenvalue weighted by Gasteiger charge is -2.32. The summed E-state index contributed by atoms with van der Waals surface area (Å²) in [4.78, 5) is 12.1. The molecule has 9 heteroatoms. The fourth-order valence-corrected chi connectivity index (χ4v) is 5.62. The number of aliphatic hydroxyl groups excluding tert-OH is 2. The molecule has 2 aromatic rings. The van der Waals surface area contributed by atoms with Crippen LogP contribution in [-0.2, 0) is 17.6 Å². The molecule has 2 aliphatic carbocycles. The first-order valence-electron chi connectivity index (χ1n) is 12.2. The molecule has 0 aliphatic heterocycles. The largest absolute Gasteiger partial charge is 0.483 e. The first-order chi connectivity index (χ1) is 16.0. The Morgan fingerprint density at radius 3 is 2.97 bits per heavy atom. The third-order valence-corrected chi connectivity index (χ3v) is 7.28. The number of benzene rings is 1. The number of rotatable bonds is 11. The number of aromatic amines is 1. The molecule has 1 saturated carbocycles. The smallest absolute Gasteiger partial charge is 0.264 e. The fourth-order valence-electron chi connectivity index (χ4n) is 5.62. The summed E-state index contributed by atoms with van der Waals surface area (Å²) >= 11 is 0. The molecule has 1 aromatic carbocycles. The number of unbranched alkanes of at least 4 members (excludes halogenated alkanes) is 2. The summed E-state index contributed by atoms with van der Waals surface area (Å²) in [6.07, 6.45) is 7.83. The molecule has 0 bridgehead atoms. The molecule has 5 atom stereocenters. The first kappa shape index (κ1) is 23.6. The SMILES string of the molecule is CCCCC[C@@H](O)CC[C@@H]1[C@H]2Cc3cccc(OCC(=O)Nc4nnn[nH]4)c3C[C@H]2C[C@H]1O. The molecule has 9 nitrogen and oxygen atoms in total. The van der Waals surface area contributed by atoms with Crippen LogP contribution in [0.5, 0.6) is 5.75 Å². The van der Waals surface area contributed by atoms with Crippen molar-refractivity contribution in [2.24, 2.45) is 17.8 Å². The van der Waals surface area contributed by atoms with Gasteiger partial charge in [0.05, 0.1) is 12.2 Å². The molecule has 1 heterocycles. The minimum absolute atomic E-state index is 0.133. The quantitative estimate of drug-likeness (QED) is 0.381. The highest BCUT2D eigenvalue weighted by atomic mass is 16.5. The Bertz CT molecular complexity index is 906. The average Bonchev–Trinajstić information content (AvgIpc) is 3.41. The number of nitrogens with zero attached hydrogens (tertiary/aromatic N) is 3. The highest BCUT2D eigenvalue weighted by Gasteiger charge is 2.44. The molecule has 4 N–H and O–H groups in total. The van der Waals surface area contributed by atoms with Crippen molar-refractivity contribution in [1.29, 1.82) is 0 Å². The lowest BCUT2D eigenvalue weighted by atomic mass is 9.73. The third-order valence-electron chi connectivity index (χ3n) is 7.28. The molecule has 0 saturated heterocycles. The Labute approximate surface area is 194 Å². The van der Waals surface area contributed by atoms with Crippen LogP contribution in [0.1, 0.15) is 63.0 Å². The maximum absolute atomic E-state index is 12.1. The summed E-state index contributed by atoms with van der Waals surface area (Å²) in [6.45, 7) is 2.04. The van der Waals surface area contributed by atoms with E-state index in [0.29, 0.717) is 11.8 Å². The van der Waals surface area contributed by atoms with Gasteiger partial charge in [-0.2, -0.15) is 0 Å². The Balaban J connectivity index is 1.35. The van der Waals surface area contributed by atoms with Crippen LogP contribution in [0.2, 0.25) is 0 Å². The molecule has 2 aliphatic rings. The number of aliphatic hydroxyl groups is 2. The van der Waals surface area contributed by atoms with E-state index >= 15 is 0 Å². The first-order valence-corrected chi connectivity index (χ1v) is 12.2. The maximum atomic E-state index is 12.1. The fraction of sp³-hybridized carbons (Fsp3) is 0.667. The predicted molar refractivity (Wildman–Crippen MR) is 123 cm³/mol. The summed E-state index contributed by atoms with van der Waals surface area (Å²) in [7, 11) is 0. The van der Waals surface area contributed by atoms with Crippen LogP contribution in [0.4, 0.5) is 5.95 Å². The normalized spacial score (nSPS) is 24.7. The van der Waals surface area contributed by atoms with Gasteiger partial charge in [0.2, 0.25) is 5.95 Å². The second-order valence-corrected chi connectivity index (χ2v) is 9.51. The van der Waals surface area contributed by atoms with Gasteiger partial charge in [0.1, 0.15) is 5.75 Å². The Kier molecular flexibility index (Phi) is 7.93. The van der Waals surface area contributed by atoms with E-state index in [1.165, 1.54) is 5.56 Å². The van der Waals surface area contributed by atoms with Crippen LogP contribution >= 0.6 is 0 Å². The molecule has 1 fully saturated rings. The van der Waals surface area contributed by atoms with E-state index in [0.717, 1.165) is 69.1 Å². The Hall–Kier alpha value is -2.52. The van der Waals surface area contributed by atoms with Crippen molar-refractivity contribution >= 4 is 11.9 Å². The molecule has 180 valence electrons. The molecule has 1 aromatic heterocycles. The van der Waals surface area contributed by atoms with E-state index in [1.807, 2.05) is 12.1 Å². The molecular formula is C24H35N5O4. The summed E-state index contributed by atoms with van der Waals surface area (Å²) < 4.78 is 5.85. The van der Waals surface area contributed by atoms with Gasteiger partial charge in [-0.15, -0.1) is 0 Å². The number of hydrogen-bond acceptors (Lipinski definition) is 7. The summed E-state index contributed by atoms with van der Waals surface area (Å²) in [5, 5.41) is 36.7. The molecule has 0 unspecified atom stereocenters. The molecule has 4 rings (SSSR count). The van der Waals surface area contributed by atoms with Crippen molar-refractivity contribution in [1.82, 2.24) is 20.6 Å². The van der Waals surface area contributed by atoms with E-state index in [-0.39, 0.29) is 36.6 Å². The van der Waals surface area contributed by atoms with Crippen molar-refractivity contribution in [3.8, 4) is 5.75 Å². The molecule has 33 heavy (non-hydrogen) atoms. The predicted octanol–water partition coefficient (Wildman–Crippen LogP) is 2.65. The van der Waals surface area contributed by atoms with Gasteiger partial charge in [-0.05, 0) is 83.9 Å². The maximum Gasteiger partial charge on any atom is 0.264 e. The summed E-state index contributed by atoms with van der Waals surface area (Å²) in [5.41, 5.74) is 2.37. The van der Waals surface area contributed by atoms with Gasteiger partial charge in [-0.1, -0.05) is 43.4 Å². The summed E-state index contributed by atoms with van der Waals surface area (Å²) in [6, 6.07) is 5.99. The number of hydrogen-bond donors (Lipinski definition) is 4. The van der Waals surface area contributed by atoms with Crippen LogP contribution < -0.4 is 10.1 Å². The van der Waals surface area contributed by atoms with Crippen molar-refractivity contribution < 1.29 is 19.7 Å². The van der Waals surface area contributed by atoms with Gasteiger partial charge in [0.25, 0.3) is 5.91 Å². The monoisotopic (exact) mass is 457 g/mol. The zero-order valence-electron chi connectivity index (χ0n) is 19.2. The van der Waals surface area contributed by atoms with Gasteiger partial charge in [-0.3, -0.25) is 10.1 Å². The third kappa shape index (κ3) is 5.89. The van der Waals surface area contributed by atoms with Gasteiger partial charge in [0.15, 0.2) is 6.61 Å². The zero-order valence-corrected chi connectivity index (χ0v) is 19.2. The van der Waals surface area contributed by atoms with Crippen molar-refractivity contribution in [3.63, 3.8) is 0 Å². The van der Waals surface area contributed by atoms with Gasteiger partial charge < -0.3 is 14.9 Å². The summed E-state index contributed by atoms with van der Waals surface area (Å²) in [5.74, 6) is 1.62. The van der Waals surface area contributed by atoms with Gasteiger partial charge in [-0.25, -0.2) is 5.10 Å². The van der Waals surface area contributed by atoms with Crippen LogP contribution in [-0.4, -0.2) is 55.6 Å². The van der Waals surface area contributed by atoms with E-state index in [9.17, 15) is 15.0 Å². The number of nitrogens with one attached hydrogen (secondary N) is 2. The van der Waals surface area contributed by atoms with Crippen LogP contribution in [0.25, 0.3) is 0 Å². The lowest BCUT2D eigenvalue weighted by molar-refractivity contribution is -0.118. The van der Waals surface area contributed by atoms with E-state index < -0.39 is 0 Å². The highest BCUT2D eigenvalue weighted by Crippen LogP contribution is 2.48. The molecule has 1 amide bonds. The van der Waals surface area contributed by atoms with E-state index in [4.69, 9.17) is 4.74 Å². The number of tetrazole rings is 1. The lowest BCUT2D eigenvalue weighted by Crippen LogP contribution is -2.28. The number of aromatic nitrogens is 4. The minimum Gasteiger partial charge on any atom is -0.483 e.